The van der Waals surface area contributed by atoms with Gasteiger partial charge in [0, 0.05) is 29.0 Å². The predicted octanol–water partition coefficient (Wildman–Crippen LogP) is 4.53. The van der Waals surface area contributed by atoms with Crippen LogP contribution in [0.3, 0.4) is 0 Å². The molecule has 0 bridgehead atoms. The summed E-state index contributed by atoms with van der Waals surface area (Å²) in [7, 11) is 0. The van der Waals surface area contributed by atoms with Gasteiger partial charge in [-0.3, -0.25) is 14.9 Å². The van der Waals surface area contributed by atoms with Gasteiger partial charge >= 0.3 is 5.69 Å². The van der Waals surface area contributed by atoms with Crippen molar-refractivity contribution >= 4 is 39.7 Å². The van der Waals surface area contributed by atoms with Crippen molar-refractivity contribution in [2.24, 2.45) is 0 Å². The Morgan fingerprint density at radius 3 is 2.62 bits per heavy atom. The second-order valence-corrected chi connectivity index (χ2v) is 6.18. The minimum absolute atomic E-state index is 0.122. The number of rotatable bonds is 5. The van der Waals surface area contributed by atoms with E-state index >= 15 is 0 Å². The lowest BCUT2D eigenvalue weighted by Crippen LogP contribution is -2.13. The molecule has 1 amide bonds. The summed E-state index contributed by atoms with van der Waals surface area (Å²) in [6.07, 6.45) is 1.46. The number of pyridine rings is 2. The maximum Gasteiger partial charge on any atom is 0.311 e. The summed E-state index contributed by atoms with van der Waals surface area (Å²) in [6, 6.07) is 20.7. The number of benzene rings is 2. The van der Waals surface area contributed by atoms with Crippen molar-refractivity contribution in [2.45, 2.75) is 0 Å². The number of nitro groups is 1. The third kappa shape index (κ3) is 4.01. The van der Waals surface area contributed by atoms with Crippen LogP contribution in [0.25, 0.3) is 10.9 Å². The van der Waals surface area contributed by atoms with Gasteiger partial charge in [0.15, 0.2) is 0 Å². The van der Waals surface area contributed by atoms with E-state index in [1.807, 2.05) is 30.3 Å². The Bertz CT molecular complexity index is 1230. The van der Waals surface area contributed by atoms with Crippen LogP contribution in [-0.2, 0) is 0 Å². The minimum Gasteiger partial charge on any atom is -0.334 e. The first-order valence-electron chi connectivity index (χ1n) is 8.74. The Labute approximate surface area is 165 Å². The van der Waals surface area contributed by atoms with E-state index in [0.717, 1.165) is 10.9 Å². The molecule has 29 heavy (non-hydrogen) atoms. The molecule has 0 atom stereocenters. The molecular formula is C21H15N5O3. The zero-order valence-electron chi connectivity index (χ0n) is 15.1. The maximum absolute atomic E-state index is 12.6. The molecule has 0 aliphatic rings. The summed E-state index contributed by atoms with van der Waals surface area (Å²) in [6.45, 7) is 0. The zero-order chi connectivity index (χ0) is 20.2. The molecule has 0 spiro atoms. The van der Waals surface area contributed by atoms with Crippen molar-refractivity contribution in [1.82, 2.24) is 9.97 Å². The van der Waals surface area contributed by atoms with Gasteiger partial charge in [-0.2, -0.15) is 0 Å². The van der Waals surface area contributed by atoms with Gasteiger partial charge in [0.2, 0.25) is 5.82 Å². The van der Waals surface area contributed by atoms with Crippen LogP contribution in [0.4, 0.5) is 22.9 Å². The number of hydrogen-bond acceptors (Lipinski definition) is 6. The first-order chi connectivity index (χ1) is 14.1. The smallest absolute Gasteiger partial charge is 0.311 e. The predicted molar refractivity (Wildman–Crippen MR) is 110 cm³/mol. The number of nitrogens with zero attached hydrogens (tertiary/aromatic N) is 3. The molecule has 4 aromatic rings. The number of fused-ring (bicyclic) bond motifs is 1. The van der Waals surface area contributed by atoms with Crippen LogP contribution in [0, 0.1) is 10.1 Å². The zero-order valence-corrected chi connectivity index (χ0v) is 15.1. The highest BCUT2D eigenvalue weighted by Gasteiger charge is 2.14. The molecule has 0 unspecified atom stereocenters. The number of hydrogen-bond donors (Lipinski definition) is 2. The fourth-order valence-corrected chi connectivity index (χ4v) is 2.84. The van der Waals surface area contributed by atoms with E-state index < -0.39 is 4.92 Å². The van der Waals surface area contributed by atoms with E-state index in [1.54, 1.807) is 30.3 Å². The molecule has 0 aliphatic heterocycles. The van der Waals surface area contributed by atoms with Crippen LogP contribution < -0.4 is 10.6 Å². The summed E-state index contributed by atoms with van der Waals surface area (Å²) in [5.41, 5.74) is 1.97. The van der Waals surface area contributed by atoms with Gasteiger partial charge in [0.25, 0.3) is 5.91 Å². The van der Waals surface area contributed by atoms with Crippen molar-refractivity contribution in [2.75, 3.05) is 10.6 Å². The van der Waals surface area contributed by atoms with E-state index in [1.165, 1.54) is 18.3 Å². The molecule has 2 aromatic heterocycles. The summed E-state index contributed by atoms with van der Waals surface area (Å²) in [5.74, 6) is -0.228. The number of carbonyl (C=O) groups is 1. The van der Waals surface area contributed by atoms with Gasteiger partial charge in [-0.15, -0.1) is 0 Å². The average Bonchev–Trinajstić information content (AvgIpc) is 2.74. The number of anilines is 3. The van der Waals surface area contributed by atoms with Crippen LogP contribution in [0.15, 0.2) is 79.0 Å². The van der Waals surface area contributed by atoms with Gasteiger partial charge in [-0.05, 0) is 36.4 Å². The van der Waals surface area contributed by atoms with Gasteiger partial charge in [-0.25, -0.2) is 9.97 Å². The monoisotopic (exact) mass is 385 g/mol. The lowest BCUT2D eigenvalue weighted by Gasteiger charge is -2.09. The van der Waals surface area contributed by atoms with Gasteiger partial charge in [-0.1, -0.05) is 30.3 Å². The first kappa shape index (κ1) is 18.1. The fourth-order valence-electron chi connectivity index (χ4n) is 2.84. The first-order valence-corrected chi connectivity index (χ1v) is 8.74. The summed E-state index contributed by atoms with van der Waals surface area (Å²) in [4.78, 5) is 31.6. The topological polar surface area (TPSA) is 110 Å². The van der Waals surface area contributed by atoms with E-state index in [4.69, 9.17) is 0 Å². The lowest BCUT2D eigenvalue weighted by atomic mass is 10.2. The molecule has 0 fully saturated rings. The highest BCUT2D eigenvalue weighted by molar-refractivity contribution is 6.04. The highest BCUT2D eigenvalue weighted by Crippen LogP contribution is 2.26. The SMILES string of the molecule is O=C(Nc1cccc(Nc2ncccc2[N+](=O)[O-])c1)c1ccc2ccccc2n1. The third-order valence-electron chi connectivity index (χ3n) is 4.20. The Morgan fingerprint density at radius 2 is 1.76 bits per heavy atom. The molecule has 142 valence electrons. The number of nitrogens with one attached hydrogen (secondary N) is 2. The highest BCUT2D eigenvalue weighted by atomic mass is 16.6. The van der Waals surface area contributed by atoms with Gasteiger partial charge < -0.3 is 10.6 Å². The van der Waals surface area contributed by atoms with Crippen molar-refractivity contribution in [3.8, 4) is 0 Å². The van der Waals surface area contributed by atoms with Crippen molar-refractivity contribution < 1.29 is 9.72 Å². The van der Waals surface area contributed by atoms with Gasteiger partial charge in [0.1, 0.15) is 5.69 Å². The molecule has 2 N–H and O–H groups in total. The molecule has 0 saturated heterocycles. The summed E-state index contributed by atoms with van der Waals surface area (Å²) < 4.78 is 0. The molecule has 0 saturated carbocycles. The van der Waals surface area contributed by atoms with Crippen molar-refractivity contribution in [3.63, 3.8) is 0 Å². The fraction of sp³-hybridized carbons (Fsp3) is 0. The second kappa shape index (κ2) is 7.73. The van der Waals surface area contributed by atoms with Crippen LogP contribution in [0.5, 0.6) is 0 Å². The Kier molecular flexibility index (Phi) is 4.81. The Balaban J connectivity index is 1.54. The van der Waals surface area contributed by atoms with Crippen LogP contribution in [0.2, 0.25) is 0 Å². The van der Waals surface area contributed by atoms with Crippen LogP contribution >= 0.6 is 0 Å². The quantitative estimate of drug-likeness (QED) is 0.386. The van der Waals surface area contributed by atoms with E-state index in [0.29, 0.717) is 17.1 Å². The van der Waals surface area contributed by atoms with E-state index in [2.05, 4.69) is 20.6 Å². The van der Waals surface area contributed by atoms with Crippen LogP contribution in [-0.4, -0.2) is 20.8 Å². The molecule has 2 heterocycles. The van der Waals surface area contributed by atoms with Crippen molar-refractivity contribution in [3.05, 3.63) is 94.8 Å². The van der Waals surface area contributed by atoms with Crippen molar-refractivity contribution in [1.29, 1.82) is 0 Å². The molecule has 2 aromatic carbocycles. The molecule has 8 nitrogen and oxygen atoms in total. The molecule has 8 heteroatoms. The average molecular weight is 385 g/mol. The van der Waals surface area contributed by atoms with Crippen LogP contribution in [0.1, 0.15) is 10.5 Å². The molecular weight excluding hydrogens is 370 g/mol. The second-order valence-electron chi connectivity index (χ2n) is 6.18. The standard InChI is InChI=1S/C21H15N5O3/c27-21(18-11-10-14-5-1-2-8-17(14)25-18)24-16-7-3-6-15(13-16)23-20-19(26(28)29)9-4-12-22-20/h1-13H,(H,22,23)(H,24,27). The largest absolute Gasteiger partial charge is 0.334 e. The molecule has 4 rings (SSSR count). The lowest BCUT2D eigenvalue weighted by molar-refractivity contribution is -0.384. The molecule has 0 aliphatic carbocycles. The maximum atomic E-state index is 12.6. The van der Waals surface area contributed by atoms with Gasteiger partial charge in [0.05, 0.1) is 10.4 Å². The Hall–Kier alpha value is -4.33. The third-order valence-corrected chi connectivity index (χ3v) is 4.20. The number of aromatic nitrogens is 2. The number of amides is 1. The van der Waals surface area contributed by atoms with E-state index in [-0.39, 0.29) is 17.4 Å². The summed E-state index contributed by atoms with van der Waals surface area (Å²) in [5, 5.41) is 17.8. The van der Waals surface area contributed by atoms with E-state index in [9.17, 15) is 14.9 Å². The molecule has 0 radical (unpaired) electrons. The minimum atomic E-state index is -0.508. The summed E-state index contributed by atoms with van der Waals surface area (Å²) >= 11 is 0. The number of carbonyl (C=O) groups excluding carboxylic acids is 1. The number of para-hydroxylation sites is 1. The Morgan fingerprint density at radius 1 is 0.931 bits per heavy atom. The normalized spacial score (nSPS) is 10.5.